The summed E-state index contributed by atoms with van der Waals surface area (Å²) < 4.78 is 2.20. The number of amides is 1. The molecular weight excluding hydrogens is 292 g/mol. The zero-order chi connectivity index (χ0) is 16.4. The summed E-state index contributed by atoms with van der Waals surface area (Å²) in [6.45, 7) is 6.97. The van der Waals surface area contributed by atoms with Crippen molar-refractivity contribution in [3.63, 3.8) is 0 Å². The van der Waals surface area contributed by atoms with Crippen LogP contribution in [-0.4, -0.2) is 50.7 Å². The molecule has 0 aromatic carbocycles. The molecule has 1 amide bonds. The van der Waals surface area contributed by atoms with Crippen LogP contribution in [0.25, 0.3) is 0 Å². The van der Waals surface area contributed by atoms with Crippen LogP contribution in [0.1, 0.15) is 51.4 Å². The van der Waals surface area contributed by atoms with Crippen molar-refractivity contribution in [1.82, 2.24) is 19.8 Å². The lowest BCUT2D eigenvalue weighted by Crippen LogP contribution is -2.45. The summed E-state index contributed by atoms with van der Waals surface area (Å²) in [6.07, 6.45) is 6.87. The summed E-state index contributed by atoms with van der Waals surface area (Å²) >= 11 is 0. The molecule has 1 saturated carbocycles. The molecule has 1 atom stereocenters. The van der Waals surface area contributed by atoms with Gasteiger partial charge in [0.05, 0.1) is 6.54 Å². The molecule has 1 aliphatic heterocycles. The first-order chi connectivity index (χ1) is 11.0. The predicted molar refractivity (Wildman–Crippen MR) is 87.8 cm³/mol. The number of nitrogens with zero attached hydrogens (tertiary/aromatic N) is 3. The highest BCUT2D eigenvalue weighted by atomic mass is 16.3. The second-order valence-electron chi connectivity index (χ2n) is 7.19. The Morgan fingerprint density at radius 3 is 2.65 bits per heavy atom. The number of hydrogen-bond acceptors (Lipinski definition) is 4. The molecule has 2 heterocycles. The van der Waals surface area contributed by atoms with Crippen LogP contribution in [0.5, 0.6) is 0 Å². The van der Waals surface area contributed by atoms with Gasteiger partial charge in [-0.15, -0.1) is 0 Å². The number of nitrogens with one attached hydrogen (secondary N) is 1. The van der Waals surface area contributed by atoms with Gasteiger partial charge in [-0.05, 0) is 58.5 Å². The number of aliphatic hydroxyl groups is 1. The Labute approximate surface area is 137 Å². The summed E-state index contributed by atoms with van der Waals surface area (Å²) in [5.74, 6) is 0.988. The topological polar surface area (TPSA) is 70.4 Å². The molecule has 0 unspecified atom stereocenters. The maximum Gasteiger partial charge on any atom is 0.249 e. The monoisotopic (exact) mass is 320 g/mol. The summed E-state index contributed by atoms with van der Waals surface area (Å²) in [4.78, 5) is 18.8. The van der Waals surface area contributed by atoms with E-state index in [4.69, 9.17) is 0 Å². The third-order valence-corrected chi connectivity index (χ3v) is 4.94. The number of carbonyl (C=O) groups is 1. The van der Waals surface area contributed by atoms with Crippen LogP contribution in [0.3, 0.4) is 0 Å². The molecule has 0 bridgehead atoms. The van der Waals surface area contributed by atoms with Crippen LogP contribution in [0, 0.1) is 5.92 Å². The van der Waals surface area contributed by atoms with Gasteiger partial charge in [-0.25, -0.2) is 4.98 Å². The van der Waals surface area contributed by atoms with E-state index in [0.717, 1.165) is 51.1 Å². The molecule has 0 radical (unpaired) electrons. The molecule has 3 rings (SSSR count). The maximum atomic E-state index is 12.0. The number of aromatic nitrogens is 2. The second-order valence-corrected chi connectivity index (χ2v) is 7.19. The first-order valence-electron chi connectivity index (χ1n) is 8.77. The van der Waals surface area contributed by atoms with Crippen LogP contribution in [0.4, 0.5) is 0 Å². The molecule has 2 fully saturated rings. The third-order valence-electron chi connectivity index (χ3n) is 4.94. The van der Waals surface area contributed by atoms with Crippen LogP contribution >= 0.6 is 0 Å². The van der Waals surface area contributed by atoms with E-state index in [2.05, 4.69) is 33.6 Å². The van der Waals surface area contributed by atoms with Gasteiger partial charge < -0.3 is 15.0 Å². The molecule has 6 heteroatoms. The van der Waals surface area contributed by atoms with Gasteiger partial charge in [-0.2, -0.15) is 0 Å². The van der Waals surface area contributed by atoms with Gasteiger partial charge in [0.15, 0.2) is 0 Å². The maximum absolute atomic E-state index is 12.0. The first kappa shape index (κ1) is 16.5. The van der Waals surface area contributed by atoms with Gasteiger partial charge in [-0.1, -0.05) is 0 Å². The Morgan fingerprint density at radius 1 is 1.35 bits per heavy atom. The zero-order valence-corrected chi connectivity index (χ0v) is 14.1. The van der Waals surface area contributed by atoms with E-state index < -0.39 is 6.10 Å². The van der Waals surface area contributed by atoms with E-state index in [0.29, 0.717) is 12.1 Å². The highest BCUT2D eigenvalue weighted by Crippen LogP contribution is 2.24. The average Bonchev–Trinajstić information content (AvgIpc) is 3.22. The number of aliphatic hydroxyl groups excluding tert-OH is 1. The number of piperidine rings is 1. The molecule has 6 nitrogen and oxygen atoms in total. The Kier molecular flexibility index (Phi) is 5.02. The van der Waals surface area contributed by atoms with Gasteiger partial charge in [0.2, 0.25) is 5.91 Å². The standard InChI is InChI=1S/C17H28N4O2/c1-12(2)21-10-7-18-15(21)11-20-8-5-13(6-9-20)16(22)17(23)19-14-3-4-14/h7,10,12-14,16,22H,3-6,8-9,11H2,1-2H3,(H,19,23)/t16-/m1/s1. The molecule has 1 saturated heterocycles. The number of carbonyl (C=O) groups excluding carboxylic acids is 1. The minimum Gasteiger partial charge on any atom is -0.383 e. The highest BCUT2D eigenvalue weighted by Gasteiger charge is 2.33. The Bertz CT molecular complexity index is 530. The molecule has 2 N–H and O–H groups in total. The fourth-order valence-corrected chi connectivity index (χ4v) is 3.29. The van der Waals surface area contributed by atoms with Gasteiger partial charge in [0, 0.05) is 24.5 Å². The van der Waals surface area contributed by atoms with E-state index in [1.165, 1.54) is 0 Å². The fourth-order valence-electron chi connectivity index (χ4n) is 3.29. The lowest BCUT2D eigenvalue weighted by molar-refractivity contribution is -0.133. The van der Waals surface area contributed by atoms with Gasteiger partial charge in [-0.3, -0.25) is 9.69 Å². The molecule has 0 spiro atoms. The van der Waals surface area contributed by atoms with E-state index in [-0.39, 0.29) is 11.8 Å². The van der Waals surface area contributed by atoms with E-state index in [1.54, 1.807) is 0 Å². The molecule has 2 aliphatic rings. The van der Waals surface area contributed by atoms with Gasteiger partial charge in [0.1, 0.15) is 11.9 Å². The smallest absolute Gasteiger partial charge is 0.249 e. The van der Waals surface area contributed by atoms with Gasteiger partial charge >= 0.3 is 0 Å². The first-order valence-corrected chi connectivity index (χ1v) is 8.77. The zero-order valence-electron chi connectivity index (χ0n) is 14.1. The molecular formula is C17H28N4O2. The summed E-state index contributed by atoms with van der Waals surface area (Å²) in [5.41, 5.74) is 0. The van der Waals surface area contributed by atoms with Crippen molar-refractivity contribution in [3.05, 3.63) is 18.2 Å². The Morgan fingerprint density at radius 2 is 2.04 bits per heavy atom. The Hall–Kier alpha value is -1.40. The van der Waals surface area contributed by atoms with Crippen LogP contribution < -0.4 is 5.32 Å². The molecule has 23 heavy (non-hydrogen) atoms. The normalized spacial score (nSPS) is 21.6. The molecule has 1 aliphatic carbocycles. The van der Waals surface area contributed by atoms with Crippen LogP contribution in [0.15, 0.2) is 12.4 Å². The number of rotatable bonds is 6. The van der Waals surface area contributed by atoms with Crippen molar-refractivity contribution in [2.45, 2.75) is 64.3 Å². The van der Waals surface area contributed by atoms with Crippen molar-refractivity contribution < 1.29 is 9.90 Å². The third kappa shape index (κ3) is 4.12. The van der Waals surface area contributed by atoms with Crippen LogP contribution in [0.2, 0.25) is 0 Å². The number of imidazole rings is 1. The lowest BCUT2D eigenvalue weighted by Gasteiger charge is -2.33. The molecule has 1 aromatic rings. The average molecular weight is 320 g/mol. The number of likely N-dealkylation sites (tertiary alicyclic amines) is 1. The minimum absolute atomic E-state index is 0.0786. The van der Waals surface area contributed by atoms with Crippen molar-refractivity contribution in [3.8, 4) is 0 Å². The molecule has 1 aromatic heterocycles. The Balaban J connectivity index is 1.48. The second kappa shape index (κ2) is 7.01. The number of hydrogen-bond donors (Lipinski definition) is 2. The largest absolute Gasteiger partial charge is 0.383 e. The molecule has 128 valence electrons. The van der Waals surface area contributed by atoms with Crippen LogP contribution in [-0.2, 0) is 11.3 Å². The van der Waals surface area contributed by atoms with E-state index >= 15 is 0 Å². The predicted octanol–water partition coefficient (Wildman–Crippen LogP) is 1.32. The summed E-state index contributed by atoms with van der Waals surface area (Å²) in [5, 5.41) is 13.1. The fraction of sp³-hybridized carbons (Fsp3) is 0.765. The summed E-state index contributed by atoms with van der Waals surface area (Å²) in [7, 11) is 0. The van der Waals surface area contributed by atoms with Crippen molar-refractivity contribution in [2.24, 2.45) is 5.92 Å². The lowest BCUT2D eigenvalue weighted by atomic mass is 9.90. The SMILES string of the molecule is CC(C)n1ccnc1CN1CCC([C@@H](O)C(=O)NC2CC2)CC1. The van der Waals surface area contributed by atoms with E-state index in [1.807, 2.05) is 12.4 Å². The van der Waals surface area contributed by atoms with Crippen molar-refractivity contribution in [1.29, 1.82) is 0 Å². The van der Waals surface area contributed by atoms with Crippen molar-refractivity contribution in [2.75, 3.05) is 13.1 Å². The van der Waals surface area contributed by atoms with E-state index in [9.17, 15) is 9.90 Å². The van der Waals surface area contributed by atoms with Gasteiger partial charge in [0.25, 0.3) is 0 Å². The van der Waals surface area contributed by atoms with Crippen molar-refractivity contribution >= 4 is 5.91 Å². The highest BCUT2D eigenvalue weighted by molar-refractivity contribution is 5.81. The quantitative estimate of drug-likeness (QED) is 0.829. The minimum atomic E-state index is -0.851. The summed E-state index contributed by atoms with van der Waals surface area (Å²) in [6, 6.07) is 0.727.